The molecule has 0 bridgehead atoms. The third kappa shape index (κ3) is 4.14. The number of halogens is 1. The van der Waals surface area contributed by atoms with E-state index in [4.69, 9.17) is 16.7 Å². The first-order valence-corrected chi connectivity index (χ1v) is 5.72. The molecule has 1 aromatic rings. The van der Waals surface area contributed by atoms with Gasteiger partial charge in [0.25, 0.3) is 0 Å². The van der Waals surface area contributed by atoms with Gasteiger partial charge < -0.3 is 5.11 Å². The third-order valence-corrected chi connectivity index (χ3v) is 2.71. The summed E-state index contributed by atoms with van der Waals surface area (Å²) < 4.78 is 0. The number of aromatic nitrogens is 2. The molecule has 0 aliphatic heterocycles. The Bertz CT molecular complexity index is 340. The monoisotopic (exact) mass is 242 g/mol. The van der Waals surface area contributed by atoms with E-state index < -0.39 is 5.97 Å². The van der Waals surface area contributed by atoms with Crippen LogP contribution in [-0.2, 0) is 4.79 Å². The van der Waals surface area contributed by atoms with E-state index in [-0.39, 0.29) is 12.3 Å². The molecule has 0 fully saturated rings. The summed E-state index contributed by atoms with van der Waals surface area (Å²) in [7, 11) is 0. The highest BCUT2D eigenvalue weighted by Gasteiger charge is 2.12. The molecule has 1 unspecified atom stereocenters. The van der Waals surface area contributed by atoms with Crippen LogP contribution in [-0.4, -0.2) is 21.3 Å². The lowest BCUT2D eigenvalue weighted by Crippen LogP contribution is -2.03. The van der Waals surface area contributed by atoms with Crippen molar-refractivity contribution in [3.63, 3.8) is 0 Å². The normalized spacial score (nSPS) is 12.4. The summed E-state index contributed by atoms with van der Waals surface area (Å²) in [6.45, 7) is 2.06. The minimum absolute atomic E-state index is 0.206. The quantitative estimate of drug-likeness (QED) is 0.833. The van der Waals surface area contributed by atoms with Crippen LogP contribution in [0.2, 0.25) is 5.15 Å². The lowest BCUT2D eigenvalue weighted by atomic mass is 9.95. The zero-order chi connectivity index (χ0) is 12.0. The van der Waals surface area contributed by atoms with E-state index in [2.05, 4.69) is 17.1 Å². The summed E-state index contributed by atoms with van der Waals surface area (Å²) in [5.41, 5.74) is 0.886. The molecular weight excluding hydrogens is 228 g/mol. The van der Waals surface area contributed by atoms with Crippen LogP contribution in [0.4, 0.5) is 0 Å². The smallest absolute Gasteiger partial charge is 0.303 e. The molecule has 0 amide bonds. The molecule has 0 aromatic carbocycles. The van der Waals surface area contributed by atoms with Crippen molar-refractivity contribution in [2.24, 2.45) is 0 Å². The first kappa shape index (κ1) is 12.9. The highest BCUT2D eigenvalue weighted by atomic mass is 35.5. The SMILES string of the molecule is CCC(CCCC(=O)O)c1ccc(Cl)nn1. The zero-order valence-corrected chi connectivity index (χ0v) is 9.94. The summed E-state index contributed by atoms with van der Waals surface area (Å²) in [5.74, 6) is -0.485. The van der Waals surface area contributed by atoms with Crippen molar-refractivity contribution in [1.82, 2.24) is 10.2 Å². The molecule has 1 heterocycles. The molecule has 0 aliphatic carbocycles. The van der Waals surface area contributed by atoms with Gasteiger partial charge in [-0.1, -0.05) is 18.5 Å². The van der Waals surface area contributed by atoms with Gasteiger partial charge in [-0.15, -0.1) is 5.10 Å². The molecule has 1 rings (SSSR count). The topological polar surface area (TPSA) is 63.1 Å². The Morgan fingerprint density at radius 2 is 2.25 bits per heavy atom. The molecule has 5 heteroatoms. The maximum atomic E-state index is 10.4. The molecule has 16 heavy (non-hydrogen) atoms. The van der Waals surface area contributed by atoms with Crippen molar-refractivity contribution >= 4 is 17.6 Å². The second-order valence-corrected chi connectivity index (χ2v) is 4.06. The first-order valence-electron chi connectivity index (χ1n) is 5.34. The molecule has 1 aromatic heterocycles. The largest absolute Gasteiger partial charge is 0.481 e. The van der Waals surface area contributed by atoms with E-state index >= 15 is 0 Å². The van der Waals surface area contributed by atoms with Crippen molar-refractivity contribution in [3.05, 3.63) is 23.0 Å². The van der Waals surface area contributed by atoms with Gasteiger partial charge in [0, 0.05) is 12.3 Å². The van der Waals surface area contributed by atoms with Crippen LogP contribution in [0.15, 0.2) is 12.1 Å². The highest BCUT2D eigenvalue weighted by Crippen LogP contribution is 2.23. The van der Waals surface area contributed by atoms with Crippen LogP contribution in [0.5, 0.6) is 0 Å². The Morgan fingerprint density at radius 1 is 1.50 bits per heavy atom. The maximum absolute atomic E-state index is 10.4. The fourth-order valence-corrected chi connectivity index (χ4v) is 1.71. The van der Waals surface area contributed by atoms with Crippen LogP contribution in [0.1, 0.15) is 44.2 Å². The third-order valence-electron chi connectivity index (χ3n) is 2.51. The number of carbonyl (C=O) groups is 1. The predicted molar refractivity (Wildman–Crippen MR) is 61.6 cm³/mol. The molecule has 0 saturated carbocycles. The summed E-state index contributed by atoms with van der Waals surface area (Å²) in [5, 5.41) is 16.7. The molecule has 0 aliphatic rings. The molecule has 1 N–H and O–H groups in total. The lowest BCUT2D eigenvalue weighted by Gasteiger charge is -2.12. The zero-order valence-electron chi connectivity index (χ0n) is 9.19. The fraction of sp³-hybridized carbons (Fsp3) is 0.545. The van der Waals surface area contributed by atoms with Crippen LogP contribution in [0.25, 0.3) is 0 Å². The van der Waals surface area contributed by atoms with Gasteiger partial charge in [-0.3, -0.25) is 4.79 Å². The minimum atomic E-state index is -0.753. The number of carboxylic acids is 1. The molecule has 1 atom stereocenters. The van der Waals surface area contributed by atoms with Gasteiger partial charge in [-0.05, 0) is 31.4 Å². The Morgan fingerprint density at radius 3 is 2.75 bits per heavy atom. The number of rotatable bonds is 6. The lowest BCUT2D eigenvalue weighted by molar-refractivity contribution is -0.137. The van der Waals surface area contributed by atoms with Crippen molar-refractivity contribution in [2.45, 2.75) is 38.5 Å². The Kier molecular flexibility index (Phi) is 5.19. The number of hydrogen-bond donors (Lipinski definition) is 1. The van der Waals surface area contributed by atoms with Crippen LogP contribution < -0.4 is 0 Å². The summed E-state index contributed by atoms with van der Waals surface area (Å²) in [6, 6.07) is 3.56. The van der Waals surface area contributed by atoms with E-state index in [1.54, 1.807) is 6.07 Å². The van der Waals surface area contributed by atoms with E-state index in [9.17, 15) is 4.79 Å². The number of aliphatic carboxylic acids is 1. The van der Waals surface area contributed by atoms with Gasteiger partial charge in [0.2, 0.25) is 0 Å². The summed E-state index contributed by atoms with van der Waals surface area (Å²) in [4.78, 5) is 10.4. The highest BCUT2D eigenvalue weighted by molar-refractivity contribution is 6.29. The molecule has 0 spiro atoms. The number of hydrogen-bond acceptors (Lipinski definition) is 3. The van der Waals surface area contributed by atoms with Crippen LogP contribution >= 0.6 is 11.6 Å². The van der Waals surface area contributed by atoms with Crippen molar-refractivity contribution < 1.29 is 9.90 Å². The van der Waals surface area contributed by atoms with Gasteiger partial charge in [0.05, 0.1) is 5.69 Å². The van der Waals surface area contributed by atoms with Gasteiger partial charge >= 0.3 is 5.97 Å². The molecular formula is C11H15ClN2O2. The number of carboxylic acid groups (broad SMARTS) is 1. The standard InChI is InChI=1S/C11H15ClN2O2/c1-2-8(4-3-5-11(15)16)9-6-7-10(12)14-13-9/h6-8H,2-5H2,1H3,(H,15,16). The van der Waals surface area contributed by atoms with Gasteiger partial charge in [0.1, 0.15) is 0 Å². The molecule has 4 nitrogen and oxygen atoms in total. The second-order valence-electron chi connectivity index (χ2n) is 3.67. The summed E-state index contributed by atoms with van der Waals surface area (Å²) >= 11 is 5.65. The minimum Gasteiger partial charge on any atom is -0.481 e. The first-order chi connectivity index (χ1) is 7.63. The fourth-order valence-electron chi connectivity index (χ4n) is 1.60. The summed E-state index contributed by atoms with van der Waals surface area (Å²) in [6.07, 6.45) is 2.62. The van der Waals surface area contributed by atoms with Gasteiger partial charge in [-0.2, -0.15) is 5.10 Å². The van der Waals surface area contributed by atoms with Crippen molar-refractivity contribution in [3.8, 4) is 0 Å². The molecule has 88 valence electrons. The van der Waals surface area contributed by atoms with Gasteiger partial charge in [0.15, 0.2) is 5.15 Å². The number of nitrogens with zero attached hydrogens (tertiary/aromatic N) is 2. The van der Waals surface area contributed by atoms with Crippen molar-refractivity contribution in [2.75, 3.05) is 0 Å². The van der Waals surface area contributed by atoms with E-state index in [0.29, 0.717) is 11.6 Å². The second kappa shape index (κ2) is 6.43. The van der Waals surface area contributed by atoms with Gasteiger partial charge in [-0.25, -0.2) is 0 Å². The molecule has 0 radical (unpaired) electrons. The average molecular weight is 243 g/mol. The average Bonchev–Trinajstić information content (AvgIpc) is 2.26. The maximum Gasteiger partial charge on any atom is 0.303 e. The molecule has 0 saturated heterocycles. The van der Waals surface area contributed by atoms with E-state index in [1.807, 2.05) is 6.07 Å². The van der Waals surface area contributed by atoms with Crippen LogP contribution in [0.3, 0.4) is 0 Å². The predicted octanol–water partition coefficient (Wildman–Crippen LogP) is 2.88. The Labute approximate surface area is 99.7 Å². The Hall–Kier alpha value is -1.16. The van der Waals surface area contributed by atoms with E-state index in [1.165, 1.54) is 0 Å². The Balaban J connectivity index is 2.53. The van der Waals surface area contributed by atoms with Crippen molar-refractivity contribution in [1.29, 1.82) is 0 Å². The van der Waals surface area contributed by atoms with E-state index in [0.717, 1.165) is 18.5 Å². The van der Waals surface area contributed by atoms with Crippen LogP contribution in [0, 0.1) is 0 Å².